The Bertz CT molecular complexity index is 867. The molecule has 0 bridgehead atoms. The van der Waals surface area contributed by atoms with Gasteiger partial charge in [-0.1, -0.05) is 36.4 Å². The number of hydrogen-bond acceptors (Lipinski definition) is 3. The zero-order valence-electron chi connectivity index (χ0n) is 13.3. The smallest absolute Gasteiger partial charge is 0.162 e. The van der Waals surface area contributed by atoms with E-state index < -0.39 is 11.6 Å². The molecule has 0 spiro atoms. The van der Waals surface area contributed by atoms with Gasteiger partial charge >= 0.3 is 0 Å². The maximum absolute atomic E-state index is 13.2. The van der Waals surface area contributed by atoms with Gasteiger partial charge in [0.05, 0.1) is 11.9 Å². The van der Waals surface area contributed by atoms with E-state index in [0.717, 1.165) is 28.9 Å². The van der Waals surface area contributed by atoms with Crippen LogP contribution in [0, 0.1) is 11.6 Å². The molecule has 25 heavy (non-hydrogen) atoms. The first-order valence-electron chi connectivity index (χ1n) is 7.71. The Kier molecular flexibility index (Phi) is 5.36. The number of hydrogen-bond donors (Lipinski definition) is 1. The molecule has 0 aliphatic rings. The van der Waals surface area contributed by atoms with Crippen LogP contribution < -0.4 is 10.2 Å². The molecule has 3 nitrogen and oxygen atoms in total. The lowest BCUT2D eigenvalue weighted by molar-refractivity contribution is 0.303. The fourth-order valence-electron chi connectivity index (χ4n) is 2.19. The second-order valence-electron chi connectivity index (χ2n) is 5.35. The molecule has 1 N–H and O–H groups in total. The first kappa shape index (κ1) is 16.6. The van der Waals surface area contributed by atoms with Gasteiger partial charge in [-0.25, -0.2) is 8.78 Å². The van der Waals surface area contributed by atoms with E-state index in [1.807, 2.05) is 54.6 Å². The van der Waals surface area contributed by atoms with E-state index in [0.29, 0.717) is 0 Å². The highest BCUT2D eigenvalue weighted by Crippen LogP contribution is 2.17. The van der Waals surface area contributed by atoms with E-state index in [1.54, 1.807) is 6.21 Å². The van der Waals surface area contributed by atoms with Crippen LogP contribution >= 0.6 is 0 Å². The summed E-state index contributed by atoms with van der Waals surface area (Å²) in [7, 11) is 0. The van der Waals surface area contributed by atoms with Crippen molar-refractivity contribution in [3.05, 3.63) is 95.6 Å². The largest absolute Gasteiger partial charge is 0.489 e. The van der Waals surface area contributed by atoms with Crippen LogP contribution in [0.2, 0.25) is 0 Å². The van der Waals surface area contributed by atoms with Crippen LogP contribution in [-0.4, -0.2) is 6.21 Å². The van der Waals surface area contributed by atoms with Gasteiger partial charge in [0.15, 0.2) is 11.6 Å². The Hall–Kier alpha value is -3.21. The van der Waals surface area contributed by atoms with Crippen molar-refractivity contribution < 1.29 is 13.5 Å². The second kappa shape index (κ2) is 8.06. The normalized spacial score (nSPS) is 10.8. The first-order valence-corrected chi connectivity index (χ1v) is 7.71. The van der Waals surface area contributed by atoms with E-state index >= 15 is 0 Å². The predicted octanol–water partition coefficient (Wildman–Crippen LogP) is 4.99. The number of ether oxygens (including phenoxy) is 1. The average molecular weight is 338 g/mol. The van der Waals surface area contributed by atoms with Crippen molar-refractivity contribution in [3.8, 4) is 5.75 Å². The summed E-state index contributed by atoms with van der Waals surface area (Å²) in [6.07, 6.45) is 1.70. The van der Waals surface area contributed by atoms with Gasteiger partial charge in [0.1, 0.15) is 12.4 Å². The van der Waals surface area contributed by atoms with Crippen LogP contribution in [0.15, 0.2) is 77.9 Å². The minimum Gasteiger partial charge on any atom is -0.489 e. The summed E-state index contributed by atoms with van der Waals surface area (Å²) in [6, 6.07) is 20.7. The molecule has 0 aromatic heterocycles. The lowest BCUT2D eigenvalue weighted by Crippen LogP contribution is -1.98. The Balaban J connectivity index is 1.60. The standard InChI is InChI=1S/C20H16F2N2O/c21-19-10-9-18(12-20(19)22)25-14-16-6-4-5-15(11-16)13-23-24-17-7-2-1-3-8-17/h1-13,24H,14H2. The first-order chi connectivity index (χ1) is 12.2. The molecule has 0 saturated heterocycles. The number of benzene rings is 3. The zero-order valence-corrected chi connectivity index (χ0v) is 13.3. The lowest BCUT2D eigenvalue weighted by atomic mass is 10.1. The van der Waals surface area contributed by atoms with Gasteiger partial charge < -0.3 is 4.74 Å². The maximum atomic E-state index is 13.2. The van der Waals surface area contributed by atoms with Crippen LogP contribution in [0.25, 0.3) is 0 Å². The van der Waals surface area contributed by atoms with E-state index in [9.17, 15) is 8.78 Å². The lowest BCUT2D eigenvalue weighted by Gasteiger charge is -2.07. The molecule has 3 aromatic rings. The second-order valence-corrected chi connectivity index (χ2v) is 5.35. The zero-order chi connectivity index (χ0) is 17.5. The predicted molar refractivity (Wildman–Crippen MR) is 94.8 cm³/mol. The summed E-state index contributed by atoms with van der Waals surface area (Å²) in [4.78, 5) is 0. The summed E-state index contributed by atoms with van der Waals surface area (Å²) in [5, 5.41) is 4.19. The fourth-order valence-corrected chi connectivity index (χ4v) is 2.19. The van der Waals surface area contributed by atoms with Crippen LogP contribution in [-0.2, 0) is 6.61 Å². The Morgan fingerprint density at radius 1 is 0.880 bits per heavy atom. The van der Waals surface area contributed by atoms with Gasteiger partial charge in [0, 0.05) is 6.07 Å². The molecule has 3 rings (SSSR count). The minimum absolute atomic E-state index is 0.249. The monoisotopic (exact) mass is 338 g/mol. The van der Waals surface area contributed by atoms with Crippen molar-refractivity contribution in [3.63, 3.8) is 0 Å². The number of nitrogens with one attached hydrogen (secondary N) is 1. The van der Waals surface area contributed by atoms with Crippen molar-refractivity contribution in [2.75, 3.05) is 5.43 Å². The van der Waals surface area contributed by atoms with Gasteiger partial charge in [0.2, 0.25) is 0 Å². The highest BCUT2D eigenvalue weighted by molar-refractivity contribution is 5.80. The Morgan fingerprint density at radius 3 is 2.52 bits per heavy atom. The van der Waals surface area contributed by atoms with Crippen LogP contribution in [0.4, 0.5) is 14.5 Å². The van der Waals surface area contributed by atoms with Gasteiger partial charge in [-0.2, -0.15) is 5.10 Å². The topological polar surface area (TPSA) is 33.6 Å². The number of hydrazone groups is 1. The summed E-state index contributed by atoms with van der Waals surface area (Å²) in [5.74, 6) is -1.54. The molecular formula is C20H16F2N2O. The third-order valence-electron chi connectivity index (χ3n) is 3.43. The molecule has 0 radical (unpaired) electrons. The van der Waals surface area contributed by atoms with E-state index in [1.165, 1.54) is 6.07 Å². The van der Waals surface area contributed by atoms with Crippen molar-refractivity contribution in [1.82, 2.24) is 0 Å². The number of rotatable bonds is 6. The highest BCUT2D eigenvalue weighted by atomic mass is 19.2. The third kappa shape index (κ3) is 4.88. The molecule has 0 saturated carbocycles. The summed E-state index contributed by atoms with van der Waals surface area (Å²) in [5.41, 5.74) is 5.64. The summed E-state index contributed by atoms with van der Waals surface area (Å²) in [6.45, 7) is 0.249. The summed E-state index contributed by atoms with van der Waals surface area (Å²) >= 11 is 0. The SMILES string of the molecule is Fc1ccc(OCc2cccc(C=NNc3ccccc3)c2)cc1F. The van der Waals surface area contributed by atoms with Crippen molar-refractivity contribution in [1.29, 1.82) is 0 Å². The van der Waals surface area contributed by atoms with E-state index in [4.69, 9.17) is 4.74 Å². The number of para-hydroxylation sites is 1. The Labute approximate surface area is 144 Å². The maximum Gasteiger partial charge on any atom is 0.162 e. The average Bonchev–Trinajstić information content (AvgIpc) is 2.64. The molecule has 0 atom stereocenters. The molecular weight excluding hydrogens is 322 g/mol. The molecule has 3 aromatic carbocycles. The van der Waals surface area contributed by atoms with Gasteiger partial charge in [-0.05, 0) is 41.5 Å². The fraction of sp³-hybridized carbons (Fsp3) is 0.0500. The molecule has 0 heterocycles. The Morgan fingerprint density at radius 2 is 1.72 bits per heavy atom. The van der Waals surface area contributed by atoms with Gasteiger partial charge in [-0.15, -0.1) is 0 Å². The van der Waals surface area contributed by atoms with Gasteiger partial charge in [-0.3, -0.25) is 5.43 Å². The molecule has 5 heteroatoms. The van der Waals surface area contributed by atoms with Crippen molar-refractivity contribution in [2.45, 2.75) is 6.61 Å². The molecule has 0 aliphatic carbocycles. The molecule has 0 unspecified atom stereocenters. The van der Waals surface area contributed by atoms with Crippen LogP contribution in [0.1, 0.15) is 11.1 Å². The summed E-state index contributed by atoms with van der Waals surface area (Å²) < 4.78 is 31.6. The molecule has 0 fully saturated rings. The van der Waals surface area contributed by atoms with Gasteiger partial charge in [0.25, 0.3) is 0 Å². The highest BCUT2D eigenvalue weighted by Gasteiger charge is 2.03. The number of anilines is 1. The van der Waals surface area contributed by atoms with Crippen molar-refractivity contribution in [2.24, 2.45) is 5.10 Å². The molecule has 126 valence electrons. The third-order valence-corrected chi connectivity index (χ3v) is 3.43. The minimum atomic E-state index is -0.926. The van der Waals surface area contributed by atoms with Crippen molar-refractivity contribution >= 4 is 11.9 Å². The number of halogens is 2. The van der Waals surface area contributed by atoms with E-state index in [2.05, 4.69) is 10.5 Å². The van der Waals surface area contributed by atoms with Crippen LogP contribution in [0.5, 0.6) is 5.75 Å². The quantitative estimate of drug-likeness (QED) is 0.507. The molecule has 0 amide bonds. The molecule has 0 aliphatic heterocycles. The number of nitrogens with zero attached hydrogens (tertiary/aromatic N) is 1. The van der Waals surface area contributed by atoms with E-state index in [-0.39, 0.29) is 12.4 Å². The van der Waals surface area contributed by atoms with Crippen LogP contribution in [0.3, 0.4) is 0 Å².